The van der Waals surface area contributed by atoms with Gasteiger partial charge in [0.25, 0.3) is 0 Å². The predicted molar refractivity (Wildman–Crippen MR) is 66.5 cm³/mol. The molecule has 2 saturated heterocycles. The summed E-state index contributed by atoms with van der Waals surface area (Å²) < 4.78 is 29.5. The van der Waals surface area contributed by atoms with Crippen molar-refractivity contribution >= 4 is 15.9 Å². The Morgan fingerprint density at radius 1 is 1.39 bits per heavy atom. The number of amides is 1. The zero-order chi connectivity index (χ0) is 13.2. The zero-order valence-electron chi connectivity index (χ0n) is 10.6. The molecule has 1 amide bonds. The highest BCUT2D eigenvalue weighted by Gasteiger charge is 2.30. The lowest BCUT2D eigenvalue weighted by molar-refractivity contribution is -0.125. The Hall–Kier alpha value is -0.660. The van der Waals surface area contributed by atoms with E-state index in [1.807, 2.05) is 0 Å². The van der Waals surface area contributed by atoms with Gasteiger partial charge in [0, 0.05) is 25.7 Å². The highest BCUT2D eigenvalue weighted by molar-refractivity contribution is 7.88. The number of hydrogen-bond donors (Lipinski definition) is 1. The van der Waals surface area contributed by atoms with E-state index in [2.05, 4.69) is 5.32 Å². The molecule has 0 saturated carbocycles. The van der Waals surface area contributed by atoms with Gasteiger partial charge in [0.05, 0.1) is 18.8 Å². The van der Waals surface area contributed by atoms with Crippen molar-refractivity contribution in [3.8, 4) is 0 Å². The summed E-state index contributed by atoms with van der Waals surface area (Å²) in [6, 6.07) is -0.0680. The Kier molecular flexibility index (Phi) is 4.24. The monoisotopic (exact) mass is 276 g/mol. The fraction of sp³-hybridized carbons (Fsp3) is 0.909. The number of rotatable bonds is 3. The maximum absolute atomic E-state index is 11.9. The number of hydrogen-bond acceptors (Lipinski definition) is 4. The van der Waals surface area contributed by atoms with Crippen LogP contribution in [0.25, 0.3) is 0 Å². The number of carbonyl (C=O) groups excluding carboxylic acids is 1. The summed E-state index contributed by atoms with van der Waals surface area (Å²) in [7, 11) is -3.16. The van der Waals surface area contributed by atoms with Crippen LogP contribution in [0.3, 0.4) is 0 Å². The first-order valence-electron chi connectivity index (χ1n) is 6.30. The minimum absolute atomic E-state index is 0.00662. The van der Waals surface area contributed by atoms with Crippen molar-refractivity contribution in [3.63, 3.8) is 0 Å². The summed E-state index contributed by atoms with van der Waals surface area (Å²) in [4.78, 5) is 11.9. The molecule has 2 atom stereocenters. The lowest BCUT2D eigenvalue weighted by atomic mass is 10.0. The van der Waals surface area contributed by atoms with Gasteiger partial charge in [-0.15, -0.1) is 0 Å². The summed E-state index contributed by atoms with van der Waals surface area (Å²) in [5.74, 6) is -0.0774. The number of nitrogens with zero attached hydrogens (tertiary/aromatic N) is 1. The molecule has 18 heavy (non-hydrogen) atoms. The molecule has 2 rings (SSSR count). The van der Waals surface area contributed by atoms with Gasteiger partial charge in [-0.05, 0) is 19.3 Å². The molecule has 0 bridgehead atoms. The average Bonchev–Trinajstić information content (AvgIpc) is 2.81. The Balaban J connectivity index is 1.87. The van der Waals surface area contributed by atoms with Gasteiger partial charge in [0.1, 0.15) is 0 Å². The summed E-state index contributed by atoms with van der Waals surface area (Å²) in [5, 5.41) is 2.94. The molecule has 0 radical (unpaired) electrons. The number of ether oxygens (including phenoxy) is 1. The molecule has 2 unspecified atom stereocenters. The van der Waals surface area contributed by atoms with Crippen LogP contribution in [0.4, 0.5) is 0 Å². The third-order valence-corrected chi connectivity index (χ3v) is 4.77. The highest BCUT2D eigenvalue weighted by atomic mass is 32.2. The van der Waals surface area contributed by atoms with Gasteiger partial charge in [0.15, 0.2) is 0 Å². The van der Waals surface area contributed by atoms with Crippen molar-refractivity contribution in [3.05, 3.63) is 0 Å². The van der Waals surface area contributed by atoms with Crippen LogP contribution in [-0.4, -0.2) is 57.2 Å². The van der Waals surface area contributed by atoms with E-state index in [0.29, 0.717) is 26.3 Å². The van der Waals surface area contributed by atoms with E-state index in [1.54, 1.807) is 0 Å². The lowest BCUT2D eigenvalue weighted by Crippen LogP contribution is -2.50. The fourth-order valence-electron chi connectivity index (χ4n) is 2.42. The second-order valence-electron chi connectivity index (χ2n) is 5.03. The summed E-state index contributed by atoms with van der Waals surface area (Å²) >= 11 is 0. The molecule has 2 heterocycles. The van der Waals surface area contributed by atoms with E-state index >= 15 is 0 Å². The van der Waals surface area contributed by atoms with Crippen LogP contribution in [0.2, 0.25) is 0 Å². The zero-order valence-corrected chi connectivity index (χ0v) is 11.4. The van der Waals surface area contributed by atoms with E-state index < -0.39 is 10.0 Å². The Morgan fingerprint density at radius 3 is 2.78 bits per heavy atom. The smallest absolute Gasteiger partial charge is 0.225 e. The van der Waals surface area contributed by atoms with Crippen LogP contribution in [0.15, 0.2) is 0 Å². The van der Waals surface area contributed by atoms with Crippen molar-refractivity contribution in [2.24, 2.45) is 5.92 Å². The molecule has 0 aliphatic carbocycles. The van der Waals surface area contributed by atoms with E-state index in [0.717, 1.165) is 19.3 Å². The summed E-state index contributed by atoms with van der Waals surface area (Å²) in [6.45, 7) is 2.06. The van der Waals surface area contributed by atoms with Crippen molar-refractivity contribution in [1.29, 1.82) is 0 Å². The van der Waals surface area contributed by atoms with Crippen molar-refractivity contribution in [2.75, 3.05) is 32.6 Å². The van der Waals surface area contributed by atoms with Crippen LogP contribution in [0.1, 0.15) is 19.3 Å². The Morgan fingerprint density at radius 2 is 2.17 bits per heavy atom. The summed E-state index contributed by atoms with van der Waals surface area (Å²) in [5.41, 5.74) is 0. The van der Waals surface area contributed by atoms with Crippen LogP contribution in [0, 0.1) is 5.92 Å². The molecule has 104 valence electrons. The van der Waals surface area contributed by atoms with Gasteiger partial charge in [-0.2, -0.15) is 0 Å². The van der Waals surface area contributed by atoms with E-state index in [4.69, 9.17) is 4.74 Å². The standard InChI is InChI=1S/C11H20N2O4S/c1-18(15,16)13-5-2-3-10(7-13)12-11(14)9-4-6-17-8-9/h9-10H,2-8H2,1H3,(H,12,14). The molecule has 2 aliphatic rings. The topological polar surface area (TPSA) is 75.7 Å². The van der Waals surface area contributed by atoms with Crippen LogP contribution >= 0.6 is 0 Å². The maximum atomic E-state index is 11.9. The third-order valence-electron chi connectivity index (χ3n) is 3.50. The van der Waals surface area contributed by atoms with Gasteiger partial charge in [0.2, 0.25) is 15.9 Å². The van der Waals surface area contributed by atoms with Gasteiger partial charge in [-0.3, -0.25) is 4.79 Å². The molecule has 2 fully saturated rings. The molecule has 6 nitrogen and oxygen atoms in total. The number of nitrogens with one attached hydrogen (secondary N) is 1. The molecular weight excluding hydrogens is 256 g/mol. The SMILES string of the molecule is CS(=O)(=O)N1CCCC(NC(=O)C2CCOC2)C1. The second kappa shape index (κ2) is 5.54. The highest BCUT2D eigenvalue weighted by Crippen LogP contribution is 2.16. The molecule has 0 aromatic heterocycles. The number of piperidine rings is 1. The molecule has 7 heteroatoms. The second-order valence-corrected chi connectivity index (χ2v) is 7.01. The third kappa shape index (κ3) is 3.43. The minimum atomic E-state index is -3.16. The molecular formula is C11H20N2O4S. The average molecular weight is 276 g/mol. The first kappa shape index (κ1) is 13.8. The minimum Gasteiger partial charge on any atom is -0.381 e. The van der Waals surface area contributed by atoms with E-state index in [-0.39, 0.29) is 17.9 Å². The van der Waals surface area contributed by atoms with Crippen molar-refractivity contribution in [1.82, 2.24) is 9.62 Å². The van der Waals surface area contributed by atoms with E-state index in [9.17, 15) is 13.2 Å². The van der Waals surface area contributed by atoms with Crippen LogP contribution in [0.5, 0.6) is 0 Å². The summed E-state index contributed by atoms with van der Waals surface area (Å²) in [6.07, 6.45) is 3.60. The number of sulfonamides is 1. The van der Waals surface area contributed by atoms with Crippen molar-refractivity contribution < 1.29 is 17.9 Å². The normalized spacial score (nSPS) is 30.3. The van der Waals surface area contributed by atoms with Gasteiger partial charge in [-0.1, -0.05) is 0 Å². The Labute approximate surface area is 108 Å². The number of carbonyl (C=O) groups is 1. The van der Waals surface area contributed by atoms with Crippen LogP contribution in [-0.2, 0) is 19.6 Å². The molecule has 2 aliphatic heterocycles. The van der Waals surface area contributed by atoms with Gasteiger partial charge in [-0.25, -0.2) is 12.7 Å². The van der Waals surface area contributed by atoms with Gasteiger partial charge >= 0.3 is 0 Å². The maximum Gasteiger partial charge on any atom is 0.225 e. The molecule has 0 aromatic rings. The van der Waals surface area contributed by atoms with E-state index in [1.165, 1.54) is 10.6 Å². The first-order valence-corrected chi connectivity index (χ1v) is 8.15. The van der Waals surface area contributed by atoms with Crippen molar-refractivity contribution in [2.45, 2.75) is 25.3 Å². The molecule has 1 N–H and O–H groups in total. The largest absolute Gasteiger partial charge is 0.381 e. The fourth-order valence-corrected chi connectivity index (χ4v) is 3.33. The predicted octanol–water partition coefficient (Wildman–Crippen LogP) is -0.437. The Bertz CT molecular complexity index is 403. The molecule has 0 aromatic carbocycles. The molecule has 0 spiro atoms. The van der Waals surface area contributed by atoms with Gasteiger partial charge < -0.3 is 10.1 Å². The quantitative estimate of drug-likeness (QED) is 0.758. The van der Waals surface area contributed by atoms with Crippen LogP contribution < -0.4 is 5.32 Å². The first-order chi connectivity index (χ1) is 8.47. The lowest BCUT2D eigenvalue weighted by Gasteiger charge is -2.31.